The molecule has 1 aromatic rings. The molecule has 0 bridgehead atoms. The van der Waals surface area contributed by atoms with Gasteiger partial charge in [-0.15, -0.1) is 0 Å². The highest BCUT2D eigenvalue weighted by Gasteiger charge is 2.28. The van der Waals surface area contributed by atoms with Crippen LogP contribution in [0.4, 0.5) is 4.79 Å². The van der Waals surface area contributed by atoms with Crippen molar-refractivity contribution in [3.63, 3.8) is 0 Å². The monoisotopic (exact) mass is 324 g/mol. The molecule has 0 unspecified atom stereocenters. The van der Waals surface area contributed by atoms with Gasteiger partial charge in [0.25, 0.3) is 0 Å². The maximum atomic E-state index is 12.1. The van der Waals surface area contributed by atoms with E-state index >= 15 is 0 Å². The Morgan fingerprint density at radius 1 is 1.48 bits per heavy atom. The van der Waals surface area contributed by atoms with Crippen LogP contribution in [0.15, 0.2) is 24.3 Å². The van der Waals surface area contributed by atoms with Gasteiger partial charge in [-0.3, -0.25) is 0 Å². The number of carbonyl (C=O) groups is 1. The van der Waals surface area contributed by atoms with Gasteiger partial charge in [-0.25, -0.2) is 4.79 Å². The number of amides is 2. The Labute approximate surface area is 135 Å². The van der Waals surface area contributed by atoms with Gasteiger partial charge in [0.15, 0.2) is 0 Å². The second kappa shape index (κ2) is 8.71. The van der Waals surface area contributed by atoms with Crippen molar-refractivity contribution >= 4 is 6.03 Å². The molecule has 128 valence electrons. The Balaban J connectivity index is 1.69. The van der Waals surface area contributed by atoms with Crippen LogP contribution in [0.3, 0.4) is 0 Å². The number of carbonyl (C=O) groups excluding carboxylic acids is 1. The molecule has 0 spiro atoms. The molecule has 1 saturated heterocycles. The lowest BCUT2D eigenvalue weighted by Gasteiger charge is -2.34. The first-order valence-corrected chi connectivity index (χ1v) is 7.73. The number of morpholine rings is 1. The average Bonchev–Trinajstić information content (AvgIpc) is 2.59. The summed E-state index contributed by atoms with van der Waals surface area (Å²) in [5, 5.41) is 21.3. The molecular weight excluding hydrogens is 300 g/mol. The van der Waals surface area contributed by atoms with E-state index in [0.717, 1.165) is 11.3 Å². The predicted octanol–water partition coefficient (Wildman–Crippen LogP) is 0.137. The van der Waals surface area contributed by atoms with Crippen LogP contribution in [0.1, 0.15) is 5.56 Å². The molecule has 7 nitrogen and oxygen atoms in total. The number of nitrogens with one attached hydrogen (secondary N) is 1. The van der Waals surface area contributed by atoms with E-state index in [2.05, 4.69) is 5.32 Å². The number of benzene rings is 1. The summed E-state index contributed by atoms with van der Waals surface area (Å²) >= 11 is 0. The van der Waals surface area contributed by atoms with Gasteiger partial charge in [-0.1, -0.05) is 17.7 Å². The van der Waals surface area contributed by atoms with Crippen LogP contribution in [0.25, 0.3) is 0 Å². The summed E-state index contributed by atoms with van der Waals surface area (Å²) in [5.41, 5.74) is 1.16. The molecule has 1 aliphatic heterocycles. The van der Waals surface area contributed by atoms with E-state index in [4.69, 9.17) is 14.6 Å². The molecule has 1 aliphatic rings. The van der Waals surface area contributed by atoms with Crippen LogP contribution in [-0.2, 0) is 4.74 Å². The molecule has 1 fully saturated rings. The van der Waals surface area contributed by atoms with Gasteiger partial charge >= 0.3 is 6.03 Å². The fourth-order valence-electron chi connectivity index (χ4n) is 2.28. The molecular formula is C16H24N2O5. The smallest absolute Gasteiger partial charge is 0.317 e. The average molecular weight is 324 g/mol. The molecule has 7 heteroatoms. The van der Waals surface area contributed by atoms with Crippen molar-refractivity contribution in [1.82, 2.24) is 10.2 Å². The first kappa shape index (κ1) is 17.5. The molecule has 0 aliphatic carbocycles. The summed E-state index contributed by atoms with van der Waals surface area (Å²) in [6.07, 6.45) is -1.53. The van der Waals surface area contributed by atoms with E-state index in [1.807, 2.05) is 31.2 Å². The fourth-order valence-corrected chi connectivity index (χ4v) is 2.28. The molecule has 2 rings (SSSR count). The molecule has 3 N–H and O–H groups in total. The zero-order valence-electron chi connectivity index (χ0n) is 13.3. The number of urea groups is 1. The van der Waals surface area contributed by atoms with Crippen LogP contribution >= 0.6 is 0 Å². The number of ether oxygens (including phenoxy) is 2. The summed E-state index contributed by atoms with van der Waals surface area (Å²) in [6.45, 7) is 3.44. The van der Waals surface area contributed by atoms with Crippen LogP contribution in [0.2, 0.25) is 0 Å². The third-order valence-electron chi connectivity index (χ3n) is 3.66. The van der Waals surface area contributed by atoms with Crippen molar-refractivity contribution in [1.29, 1.82) is 0 Å². The second-order valence-electron chi connectivity index (χ2n) is 5.50. The van der Waals surface area contributed by atoms with Gasteiger partial charge in [0.1, 0.15) is 24.6 Å². The van der Waals surface area contributed by atoms with E-state index in [9.17, 15) is 9.90 Å². The van der Waals surface area contributed by atoms with Crippen molar-refractivity contribution in [2.75, 3.05) is 39.5 Å². The summed E-state index contributed by atoms with van der Waals surface area (Å²) in [7, 11) is 0. The lowest BCUT2D eigenvalue weighted by atomic mass is 10.2. The highest BCUT2D eigenvalue weighted by molar-refractivity contribution is 5.74. The summed E-state index contributed by atoms with van der Waals surface area (Å²) in [4.78, 5) is 13.6. The summed E-state index contributed by atoms with van der Waals surface area (Å²) < 4.78 is 10.9. The quantitative estimate of drug-likeness (QED) is 0.648. The minimum atomic E-state index is -0.976. The van der Waals surface area contributed by atoms with Crippen molar-refractivity contribution in [3.8, 4) is 5.75 Å². The molecule has 0 aromatic heterocycles. The van der Waals surface area contributed by atoms with Crippen molar-refractivity contribution in [3.05, 3.63) is 29.8 Å². The maximum Gasteiger partial charge on any atom is 0.317 e. The van der Waals surface area contributed by atoms with Crippen LogP contribution < -0.4 is 10.1 Å². The van der Waals surface area contributed by atoms with Gasteiger partial charge in [0.05, 0.1) is 26.3 Å². The minimum Gasteiger partial charge on any atom is -0.492 e. The summed E-state index contributed by atoms with van der Waals surface area (Å²) in [5.74, 6) is 0.766. The van der Waals surface area contributed by atoms with Gasteiger partial charge < -0.3 is 29.9 Å². The van der Waals surface area contributed by atoms with Crippen LogP contribution in [0.5, 0.6) is 5.75 Å². The number of rotatable bonds is 6. The number of nitrogens with zero attached hydrogens (tertiary/aromatic N) is 1. The first-order valence-electron chi connectivity index (χ1n) is 7.73. The predicted molar refractivity (Wildman–Crippen MR) is 84.5 cm³/mol. The number of hydrogen-bond acceptors (Lipinski definition) is 5. The lowest BCUT2D eigenvalue weighted by molar-refractivity contribution is -0.0920. The SMILES string of the molecule is Cc1ccc(OCCNC(=O)N2CCO[C@H]([C@@H](O)CO)C2)cc1. The number of aliphatic hydroxyl groups excluding tert-OH is 2. The molecule has 2 amide bonds. The zero-order chi connectivity index (χ0) is 16.7. The number of hydrogen-bond donors (Lipinski definition) is 3. The highest BCUT2D eigenvalue weighted by atomic mass is 16.5. The van der Waals surface area contributed by atoms with Crippen molar-refractivity contribution < 1.29 is 24.5 Å². The van der Waals surface area contributed by atoms with Gasteiger partial charge in [-0.05, 0) is 19.1 Å². The van der Waals surface area contributed by atoms with E-state index in [1.165, 1.54) is 0 Å². The Kier molecular flexibility index (Phi) is 6.64. The van der Waals surface area contributed by atoms with Gasteiger partial charge in [-0.2, -0.15) is 0 Å². The molecule has 0 radical (unpaired) electrons. The standard InChI is InChI=1S/C16H24N2O5/c1-12-2-4-13(5-3-12)22-8-6-17-16(21)18-7-9-23-15(10-18)14(20)11-19/h2-5,14-15,19-20H,6-11H2,1H3,(H,17,21)/t14-,15-/m0/s1. The normalized spacial score (nSPS) is 19.3. The Morgan fingerprint density at radius 3 is 2.91 bits per heavy atom. The van der Waals surface area contributed by atoms with E-state index in [-0.39, 0.29) is 19.2 Å². The number of aryl methyl sites for hydroxylation is 1. The summed E-state index contributed by atoms with van der Waals surface area (Å²) in [6, 6.07) is 7.48. The van der Waals surface area contributed by atoms with Gasteiger partial charge in [0, 0.05) is 6.54 Å². The Hall–Kier alpha value is -1.83. The number of aliphatic hydroxyl groups is 2. The molecule has 1 heterocycles. The maximum absolute atomic E-state index is 12.1. The van der Waals surface area contributed by atoms with Crippen molar-refractivity contribution in [2.45, 2.75) is 19.1 Å². The largest absolute Gasteiger partial charge is 0.492 e. The van der Waals surface area contributed by atoms with E-state index in [1.54, 1.807) is 4.90 Å². The lowest BCUT2D eigenvalue weighted by Crippen LogP contribution is -2.53. The first-order chi connectivity index (χ1) is 11.1. The third kappa shape index (κ3) is 5.38. The molecule has 0 saturated carbocycles. The topological polar surface area (TPSA) is 91.3 Å². The highest BCUT2D eigenvalue weighted by Crippen LogP contribution is 2.11. The molecule has 1 aromatic carbocycles. The Bertz CT molecular complexity index is 494. The fraction of sp³-hybridized carbons (Fsp3) is 0.562. The van der Waals surface area contributed by atoms with E-state index < -0.39 is 12.2 Å². The molecule has 2 atom stereocenters. The van der Waals surface area contributed by atoms with Gasteiger partial charge in [0.2, 0.25) is 0 Å². The van der Waals surface area contributed by atoms with Crippen molar-refractivity contribution in [2.24, 2.45) is 0 Å². The third-order valence-corrected chi connectivity index (χ3v) is 3.66. The van der Waals surface area contributed by atoms with Crippen LogP contribution in [-0.4, -0.2) is 72.8 Å². The Morgan fingerprint density at radius 2 is 2.22 bits per heavy atom. The van der Waals surface area contributed by atoms with Crippen LogP contribution in [0, 0.1) is 6.92 Å². The second-order valence-corrected chi connectivity index (χ2v) is 5.50. The van der Waals surface area contributed by atoms with E-state index in [0.29, 0.717) is 26.3 Å². The minimum absolute atomic E-state index is 0.226. The zero-order valence-corrected chi connectivity index (χ0v) is 13.3. The molecule has 23 heavy (non-hydrogen) atoms.